The van der Waals surface area contributed by atoms with Crippen LogP contribution in [0.3, 0.4) is 0 Å². The minimum Gasteiger partial charge on any atom is -0.456 e. The Morgan fingerprint density at radius 3 is 1.43 bits per heavy atom. The summed E-state index contributed by atoms with van der Waals surface area (Å²) in [7, 11) is 2.78. The van der Waals surface area contributed by atoms with Crippen molar-refractivity contribution in [3.63, 3.8) is 0 Å². The Bertz CT molecular complexity index is 1310. The van der Waals surface area contributed by atoms with Crippen LogP contribution in [0.2, 0.25) is 0 Å². The molecule has 1 nitrogen and oxygen atoms in total. The Labute approximate surface area is 210 Å². The number of benzene rings is 5. The summed E-state index contributed by atoms with van der Waals surface area (Å²) in [6, 6.07) is 49.1. The van der Waals surface area contributed by atoms with Crippen molar-refractivity contribution in [2.45, 2.75) is 18.3 Å². The van der Waals surface area contributed by atoms with Gasteiger partial charge >= 0.3 is 0 Å². The molecule has 0 heterocycles. The van der Waals surface area contributed by atoms with Crippen LogP contribution in [-0.4, -0.2) is 0 Å². The highest BCUT2D eigenvalue weighted by Crippen LogP contribution is 2.42. The van der Waals surface area contributed by atoms with Crippen molar-refractivity contribution in [2.24, 2.45) is 0 Å². The summed E-state index contributed by atoms with van der Waals surface area (Å²) in [5, 5.41) is 1.05. The van der Waals surface area contributed by atoms with Crippen LogP contribution in [0.1, 0.15) is 40.5 Å². The lowest BCUT2D eigenvalue weighted by atomic mass is 9.78. The first-order valence-corrected chi connectivity index (χ1v) is 12.6. The average Bonchev–Trinajstić information content (AvgIpc) is 2.93. The largest absolute Gasteiger partial charge is 0.456 e. The van der Waals surface area contributed by atoms with E-state index in [1.807, 2.05) is 18.2 Å². The average molecular weight is 473 g/mol. The van der Waals surface area contributed by atoms with Crippen LogP contribution in [0.25, 0.3) is 0 Å². The predicted octanol–water partition coefficient (Wildman–Crippen LogP) is 8.33. The molecule has 0 aromatic heterocycles. The van der Waals surface area contributed by atoms with E-state index in [9.17, 15) is 0 Å². The molecule has 0 aliphatic carbocycles. The molecule has 0 spiro atoms. The Morgan fingerprint density at radius 1 is 0.457 bits per heavy atom. The molecule has 0 aliphatic heterocycles. The van der Waals surface area contributed by atoms with Crippen LogP contribution in [0, 0.1) is 0 Å². The maximum Gasteiger partial charge on any atom is 0.134 e. The summed E-state index contributed by atoms with van der Waals surface area (Å²) in [6.45, 7) is 0. The number of para-hydroxylation sites is 2. The lowest BCUT2D eigenvalue weighted by molar-refractivity contribution is 0.473. The first kappa shape index (κ1) is 23.1. The van der Waals surface area contributed by atoms with Gasteiger partial charge in [-0.15, -0.1) is 9.24 Å². The highest BCUT2D eigenvalue weighted by molar-refractivity contribution is 7.27. The SMILES string of the molecule is Pc1ccccc1Oc1ccccc1[C@@H](CC(c1ccccc1)c1ccccc1)c1ccccc1. The standard InChI is InChI=1S/C33H29OP/c35-33-23-13-12-22-32(33)34-31-21-11-10-20-28(31)30(27-18-8-3-9-19-27)24-29(25-14-4-1-5-15-25)26-16-6-2-7-17-26/h1-23,29-30H,24,35H2/t30-/m0/s1. The van der Waals surface area contributed by atoms with Crippen molar-refractivity contribution in [3.05, 3.63) is 162 Å². The third-order valence-electron chi connectivity index (χ3n) is 6.51. The molecule has 0 bridgehead atoms. The Morgan fingerprint density at radius 2 is 0.886 bits per heavy atom. The fourth-order valence-electron chi connectivity index (χ4n) is 4.75. The van der Waals surface area contributed by atoms with Crippen molar-refractivity contribution < 1.29 is 4.74 Å². The molecule has 0 radical (unpaired) electrons. The third-order valence-corrected chi connectivity index (χ3v) is 6.99. The minimum absolute atomic E-state index is 0.162. The molecule has 2 heteroatoms. The smallest absolute Gasteiger partial charge is 0.134 e. The second-order valence-corrected chi connectivity index (χ2v) is 9.37. The van der Waals surface area contributed by atoms with Gasteiger partial charge in [-0.1, -0.05) is 127 Å². The van der Waals surface area contributed by atoms with E-state index in [0.29, 0.717) is 0 Å². The van der Waals surface area contributed by atoms with Crippen LogP contribution in [0.15, 0.2) is 140 Å². The van der Waals surface area contributed by atoms with Crippen LogP contribution in [-0.2, 0) is 0 Å². The Balaban J connectivity index is 1.60. The van der Waals surface area contributed by atoms with Crippen molar-refractivity contribution in [2.75, 3.05) is 0 Å². The van der Waals surface area contributed by atoms with E-state index in [1.54, 1.807) is 0 Å². The maximum atomic E-state index is 6.51. The van der Waals surface area contributed by atoms with E-state index >= 15 is 0 Å². The number of rotatable bonds is 8. The van der Waals surface area contributed by atoms with Crippen molar-refractivity contribution in [1.29, 1.82) is 0 Å². The van der Waals surface area contributed by atoms with Crippen LogP contribution >= 0.6 is 9.24 Å². The molecule has 5 rings (SSSR count). The van der Waals surface area contributed by atoms with Crippen molar-refractivity contribution in [1.82, 2.24) is 0 Å². The van der Waals surface area contributed by atoms with Gasteiger partial charge in [0.15, 0.2) is 0 Å². The predicted molar refractivity (Wildman–Crippen MR) is 150 cm³/mol. The zero-order chi connectivity index (χ0) is 23.9. The fourth-order valence-corrected chi connectivity index (χ4v) is 5.02. The van der Waals surface area contributed by atoms with E-state index in [2.05, 4.69) is 131 Å². The zero-order valence-electron chi connectivity index (χ0n) is 19.6. The van der Waals surface area contributed by atoms with E-state index in [0.717, 1.165) is 23.2 Å². The van der Waals surface area contributed by atoms with Crippen LogP contribution < -0.4 is 10.0 Å². The number of hydrogen-bond donors (Lipinski definition) is 0. The minimum atomic E-state index is 0.162. The van der Waals surface area contributed by atoms with E-state index < -0.39 is 0 Å². The van der Waals surface area contributed by atoms with Gasteiger partial charge in [0.05, 0.1) is 0 Å². The molecule has 0 aliphatic rings. The van der Waals surface area contributed by atoms with E-state index in [4.69, 9.17) is 4.74 Å². The Kier molecular flexibility index (Phi) is 7.37. The highest BCUT2D eigenvalue weighted by Gasteiger charge is 2.25. The maximum absolute atomic E-state index is 6.51. The summed E-state index contributed by atoms with van der Waals surface area (Å²) in [4.78, 5) is 0. The summed E-state index contributed by atoms with van der Waals surface area (Å²) in [5.74, 6) is 2.18. The normalized spacial score (nSPS) is 11.8. The summed E-state index contributed by atoms with van der Waals surface area (Å²) in [6.07, 6.45) is 0.931. The molecular weight excluding hydrogens is 443 g/mol. The molecule has 0 saturated heterocycles. The molecule has 0 amide bonds. The number of ether oxygens (including phenoxy) is 1. The molecule has 0 fully saturated rings. The van der Waals surface area contributed by atoms with Gasteiger partial charge in [-0.3, -0.25) is 0 Å². The van der Waals surface area contributed by atoms with Crippen LogP contribution in [0.4, 0.5) is 0 Å². The van der Waals surface area contributed by atoms with Crippen molar-refractivity contribution in [3.8, 4) is 11.5 Å². The lowest BCUT2D eigenvalue weighted by Gasteiger charge is -2.27. The fraction of sp³-hybridized carbons (Fsp3) is 0.0909. The highest BCUT2D eigenvalue weighted by atomic mass is 31.0. The van der Waals surface area contributed by atoms with Gasteiger partial charge in [0.25, 0.3) is 0 Å². The van der Waals surface area contributed by atoms with Gasteiger partial charge in [0.2, 0.25) is 0 Å². The topological polar surface area (TPSA) is 9.23 Å². The molecule has 1 unspecified atom stereocenters. The molecule has 5 aromatic rings. The van der Waals surface area contributed by atoms with Gasteiger partial charge in [-0.2, -0.15) is 0 Å². The molecule has 0 N–H and O–H groups in total. The molecular formula is C33H29OP. The third kappa shape index (κ3) is 5.53. The van der Waals surface area contributed by atoms with Gasteiger partial charge in [0, 0.05) is 22.7 Å². The second-order valence-electron chi connectivity index (χ2n) is 8.75. The summed E-state index contributed by atoms with van der Waals surface area (Å²) < 4.78 is 6.51. The molecule has 5 aromatic carbocycles. The number of hydrogen-bond acceptors (Lipinski definition) is 1. The zero-order valence-corrected chi connectivity index (χ0v) is 20.8. The molecule has 172 valence electrons. The van der Waals surface area contributed by atoms with Gasteiger partial charge in [-0.05, 0) is 35.2 Å². The molecule has 35 heavy (non-hydrogen) atoms. The molecule has 0 saturated carbocycles. The first-order valence-electron chi connectivity index (χ1n) is 12.1. The Hall–Kier alpha value is -3.67. The molecule has 2 atom stereocenters. The van der Waals surface area contributed by atoms with Gasteiger partial charge in [0.1, 0.15) is 11.5 Å². The van der Waals surface area contributed by atoms with Gasteiger partial charge in [-0.25, -0.2) is 0 Å². The van der Waals surface area contributed by atoms with Crippen LogP contribution in [0.5, 0.6) is 11.5 Å². The lowest BCUT2D eigenvalue weighted by Crippen LogP contribution is -2.11. The first-order chi connectivity index (χ1) is 17.3. The summed E-state index contributed by atoms with van der Waals surface area (Å²) in [5.41, 5.74) is 5.14. The van der Waals surface area contributed by atoms with Gasteiger partial charge < -0.3 is 4.74 Å². The monoisotopic (exact) mass is 472 g/mol. The quantitative estimate of drug-likeness (QED) is 0.206. The van der Waals surface area contributed by atoms with E-state index in [1.165, 1.54) is 22.3 Å². The van der Waals surface area contributed by atoms with E-state index in [-0.39, 0.29) is 11.8 Å². The summed E-state index contributed by atoms with van der Waals surface area (Å²) >= 11 is 0. The second kappa shape index (κ2) is 11.2. The van der Waals surface area contributed by atoms with Crippen molar-refractivity contribution >= 4 is 14.5 Å².